The van der Waals surface area contributed by atoms with Gasteiger partial charge in [-0.2, -0.15) is 0 Å². The number of aryl methyl sites for hydroxylation is 1. The Morgan fingerprint density at radius 1 is 1.21 bits per heavy atom. The van der Waals surface area contributed by atoms with Gasteiger partial charge in [0.2, 0.25) is 0 Å². The predicted molar refractivity (Wildman–Crippen MR) is 55.5 cm³/mol. The van der Waals surface area contributed by atoms with E-state index < -0.39 is 0 Å². The number of anilines is 2. The number of hydrogen-bond acceptors (Lipinski definition) is 4. The molecule has 0 spiro atoms. The molecule has 0 saturated carbocycles. The number of hydrogen-bond donors (Lipinski definition) is 2. The van der Waals surface area contributed by atoms with Crippen molar-refractivity contribution in [3.05, 3.63) is 29.8 Å². The lowest BCUT2D eigenvalue weighted by atomic mass is 10.1. The Hall–Kier alpha value is -1.97. The molecule has 1 aromatic heterocycles. The second-order valence-corrected chi connectivity index (χ2v) is 3.19. The first-order valence-electron chi connectivity index (χ1n) is 4.25. The van der Waals surface area contributed by atoms with Crippen LogP contribution in [0.3, 0.4) is 0 Å². The van der Waals surface area contributed by atoms with Crippen LogP contribution in [0.4, 0.5) is 11.5 Å². The van der Waals surface area contributed by atoms with Crippen molar-refractivity contribution in [1.29, 1.82) is 0 Å². The lowest BCUT2D eigenvalue weighted by Crippen LogP contribution is -1.89. The molecule has 0 amide bonds. The smallest absolute Gasteiger partial charge is 0.169 e. The van der Waals surface area contributed by atoms with E-state index in [-0.39, 0.29) is 0 Å². The summed E-state index contributed by atoms with van der Waals surface area (Å²) in [6.45, 7) is 1.95. The van der Waals surface area contributed by atoms with Crippen LogP contribution in [0.2, 0.25) is 0 Å². The summed E-state index contributed by atoms with van der Waals surface area (Å²) in [5.74, 6) is 1.01. The Balaban J connectivity index is 2.47. The monoisotopic (exact) mass is 189 g/mol. The molecule has 0 fully saturated rings. The maximum absolute atomic E-state index is 5.77. The molecule has 1 aromatic carbocycles. The number of rotatable bonds is 1. The van der Waals surface area contributed by atoms with E-state index in [9.17, 15) is 0 Å². The topological polar surface area (TPSA) is 78.1 Å². The summed E-state index contributed by atoms with van der Waals surface area (Å²) >= 11 is 0. The zero-order valence-electron chi connectivity index (χ0n) is 7.82. The highest BCUT2D eigenvalue weighted by Crippen LogP contribution is 2.24. The van der Waals surface area contributed by atoms with Crippen LogP contribution in [0.1, 0.15) is 5.56 Å². The van der Waals surface area contributed by atoms with Crippen LogP contribution in [0.5, 0.6) is 0 Å². The molecule has 0 aliphatic rings. The molecule has 0 aliphatic carbocycles. The van der Waals surface area contributed by atoms with Gasteiger partial charge in [0.05, 0.1) is 0 Å². The zero-order valence-corrected chi connectivity index (χ0v) is 7.82. The van der Waals surface area contributed by atoms with Gasteiger partial charge in [-0.25, -0.2) is 0 Å². The number of nitrogen functional groups attached to an aromatic ring is 2. The fourth-order valence-corrected chi connectivity index (χ4v) is 1.22. The molecule has 2 aromatic rings. The summed E-state index contributed by atoms with van der Waals surface area (Å²) in [5.41, 5.74) is 13.9. The van der Waals surface area contributed by atoms with Crippen molar-refractivity contribution in [3.63, 3.8) is 0 Å². The highest BCUT2D eigenvalue weighted by Gasteiger charge is 2.05. The van der Waals surface area contributed by atoms with E-state index in [4.69, 9.17) is 16.0 Å². The number of aromatic nitrogens is 1. The Kier molecular flexibility index (Phi) is 1.89. The summed E-state index contributed by atoms with van der Waals surface area (Å²) in [4.78, 5) is 0. The molecule has 4 nitrogen and oxygen atoms in total. The van der Waals surface area contributed by atoms with Crippen molar-refractivity contribution in [3.8, 4) is 11.3 Å². The van der Waals surface area contributed by atoms with Crippen LogP contribution < -0.4 is 11.5 Å². The molecule has 0 atom stereocenters. The minimum atomic E-state index is 0.374. The van der Waals surface area contributed by atoms with E-state index >= 15 is 0 Å². The van der Waals surface area contributed by atoms with Gasteiger partial charge in [0.25, 0.3) is 0 Å². The minimum Gasteiger partial charge on any atom is -0.398 e. The largest absolute Gasteiger partial charge is 0.398 e. The van der Waals surface area contributed by atoms with Crippen molar-refractivity contribution >= 4 is 11.5 Å². The SMILES string of the molecule is Cc1ccc(-c2cc(N)no2)cc1N. The Morgan fingerprint density at radius 3 is 2.57 bits per heavy atom. The standard InChI is InChI=1S/C10H11N3O/c1-6-2-3-7(4-8(6)11)9-5-10(12)13-14-9/h2-5H,11H2,1H3,(H2,12,13). The average Bonchev–Trinajstić information content (AvgIpc) is 2.57. The van der Waals surface area contributed by atoms with Gasteiger partial charge >= 0.3 is 0 Å². The molecule has 4 N–H and O–H groups in total. The number of benzene rings is 1. The molecule has 0 unspecified atom stereocenters. The summed E-state index contributed by atoms with van der Waals surface area (Å²) in [5, 5.41) is 3.61. The van der Waals surface area contributed by atoms with Crippen molar-refractivity contribution in [1.82, 2.24) is 5.16 Å². The lowest BCUT2D eigenvalue weighted by Gasteiger charge is -2.00. The third-order valence-corrected chi connectivity index (χ3v) is 2.09. The van der Waals surface area contributed by atoms with E-state index in [1.165, 1.54) is 0 Å². The van der Waals surface area contributed by atoms with Crippen LogP contribution in [-0.2, 0) is 0 Å². The molecule has 1 heterocycles. The summed E-state index contributed by atoms with van der Waals surface area (Å²) in [7, 11) is 0. The Bertz CT molecular complexity index is 462. The summed E-state index contributed by atoms with van der Waals surface area (Å²) in [6.07, 6.45) is 0. The molecule has 0 saturated heterocycles. The maximum atomic E-state index is 5.77. The van der Waals surface area contributed by atoms with Gasteiger partial charge in [0, 0.05) is 17.3 Å². The fraction of sp³-hybridized carbons (Fsp3) is 0.100. The summed E-state index contributed by atoms with van der Waals surface area (Å²) < 4.78 is 5.01. The van der Waals surface area contributed by atoms with Gasteiger partial charge in [-0.1, -0.05) is 17.3 Å². The quantitative estimate of drug-likeness (QED) is 0.670. The molecular formula is C10H11N3O. The van der Waals surface area contributed by atoms with Crippen molar-refractivity contribution in [2.24, 2.45) is 0 Å². The predicted octanol–water partition coefficient (Wildman–Crippen LogP) is 1.81. The Labute approximate surface area is 81.5 Å². The first-order valence-corrected chi connectivity index (χ1v) is 4.25. The fourth-order valence-electron chi connectivity index (χ4n) is 1.22. The van der Waals surface area contributed by atoms with E-state index in [1.54, 1.807) is 6.07 Å². The third-order valence-electron chi connectivity index (χ3n) is 2.09. The van der Waals surface area contributed by atoms with Gasteiger partial charge in [-0.15, -0.1) is 0 Å². The third kappa shape index (κ3) is 1.42. The van der Waals surface area contributed by atoms with Gasteiger partial charge in [-0.3, -0.25) is 0 Å². The van der Waals surface area contributed by atoms with Crippen LogP contribution in [0.25, 0.3) is 11.3 Å². The minimum absolute atomic E-state index is 0.374. The first-order chi connectivity index (χ1) is 6.66. The molecule has 4 heteroatoms. The lowest BCUT2D eigenvalue weighted by molar-refractivity contribution is 0.436. The van der Waals surface area contributed by atoms with Crippen LogP contribution in [-0.4, -0.2) is 5.16 Å². The van der Waals surface area contributed by atoms with Gasteiger partial charge in [-0.05, 0) is 18.6 Å². The molecule has 0 radical (unpaired) electrons. The molecular weight excluding hydrogens is 178 g/mol. The van der Waals surface area contributed by atoms with Crippen LogP contribution >= 0.6 is 0 Å². The highest BCUT2D eigenvalue weighted by molar-refractivity contribution is 5.66. The molecule has 72 valence electrons. The number of nitrogens with zero attached hydrogens (tertiary/aromatic N) is 1. The van der Waals surface area contributed by atoms with Crippen molar-refractivity contribution in [2.75, 3.05) is 11.5 Å². The van der Waals surface area contributed by atoms with Gasteiger partial charge in [0.1, 0.15) is 0 Å². The second kappa shape index (κ2) is 3.06. The zero-order chi connectivity index (χ0) is 10.1. The van der Waals surface area contributed by atoms with Crippen LogP contribution in [0, 0.1) is 6.92 Å². The normalized spacial score (nSPS) is 10.4. The molecule has 0 bridgehead atoms. The summed E-state index contributed by atoms with van der Waals surface area (Å²) in [6, 6.07) is 7.37. The van der Waals surface area contributed by atoms with E-state index in [0.29, 0.717) is 11.6 Å². The highest BCUT2D eigenvalue weighted by atomic mass is 16.5. The average molecular weight is 189 g/mol. The molecule has 0 aliphatic heterocycles. The van der Waals surface area contributed by atoms with Crippen molar-refractivity contribution < 1.29 is 4.52 Å². The number of nitrogens with two attached hydrogens (primary N) is 2. The first kappa shape index (κ1) is 8.62. The van der Waals surface area contributed by atoms with Crippen molar-refractivity contribution in [2.45, 2.75) is 6.92 Å². The van der Waals surface area contributed by atoms with Gasteiger partial charge < -0.3 is 16.0 Å². The van der Waals surface area contributed by atoms with E-state index in [1.807, 2.05) is 25.1 Å². The van der Waals surface area contributed by atoms with E-state index in [2.05, 4.69) is 5.16 Å². The maximum Gasteiger partial charge on any atom is 0.169 e. The molecule has 2 rings (SSSR count). The Morgan fingerprint density at radius 2 is 2.00 bits per heavy atom. The van der Waals surface area contributed by atoms with Gasteiger partial charge in [0.15, 0.2) is 11.6 Å². The second-order valence-electron chi connectivity index (χ2n) is 3.19. The van der Waals surface area contributed by atoms with E-state index in [0.717, 1.165) is 16.8 Å². The molecule has 14 heavy (non-hydrogen) atoms. The van der Waals surface area contributed by atoms with Crippen LogP contribution in [0.15, 0.2) is 28.8 Å².